The van der Waals surface area contributed by atoms with Crippen LogP contribution in [-0.4, -0.2) is 30.3 Å². The summed E-state index contributed by atoms with van der Waals surface area (Å²) < 4.78 is 10.5. The van der Waals surface area contributed by atoms with Crippen molar-refractivity contribution in [2.45, 2.75) is 38.2 Å². The van der Waals surface area contributed by atoms with Crippen LogP contribution < -0.4 is 5.56 Å². The third-order valence-electron chi connectivity index (χ3n) is 3.73. The molecule has 1 atom stereocenters. The summed E-state index contributed by atoms with van der Waals surface area (Å²) in [6.07, 6.45) is 4.72. The molecule has 1 aromatic heterocycles. The van der Waals surface area contributed by atoms with Crippen LogP contribution in [0.25, 0.3) is 0 Å². The zero-order valence-electron chi connectivity index (χ0n) is 10.7. The number of aromatic amines is 1. The molecule has 0 amide bonds. The summed E-state index contributed by atoms with van der Waals surface area (Å²) >= 11 is 0. The highest BCUT2D eigenvalue weighted by Crippen LogP contribution is 2.19. The van der Waals surface area contributed by atoms with Gasteiger partial charge in [-0.3, -0.25) is 4.79 Å². The highest BCUT2D eigenvalue weighted by atomic mass is 16.6. The Kier molecular flexibility index (Phi) is 3.38. The van der Waals surface area contributed by atoms with Gasteiger partial charge < -0.3 is 14.5 Å². The minimum absolute atomic E-state index is 0.0162. The first-order valence-corrected chi connectivity index (χ1v) is 6.78. The van der Waals surface area contributed by atoms with E-state index < -0.39 is 5.97 Å². The molecular weight excluding hydrogens is 246 g/mol. The number of carbonyl (C=O) groups is 1. The minimum Gasteiger partial charge on any atom is -0.459 e. The smallest absolute Gasteiger partial charge is 0.343 e. The number of rotatable bonds is 3. The van der Waals surface area contributed by atoms with Gasteiger partial charge >= 0.3 is 5.97 Å². The van der Waals surface area contributed by atoms with E-state index in [0.29, 0.717) is 0 Å². The van der Waals surface area contributed by atoms with Gasteiger partial charge in [-0.05, 0) is 43.7 Å². The molecule has 0 bridgehead atoms. The maximum absolute atomic E-state index is 11.9. The lowest BCUT2D eigenvalue weighted by Crippen LogP contribution is -2.24. The molecule has 5 nitrogen and oxygen atoms in total. The first kappa shape index (κ1) is 12.4. The van der Waals surface area contributed by atoms with Crippen molar-refractivity contribution in [2.24, 2.45) is 0 Å². The lowest BCUT2D eigenvalue weighted by atomic mass is 10.1. The molecule has 1 aliphatic carbocycles. The Morgan fingerprint density at radius 3 is 3.11 bits per heavy atom. The molecule has 0 spiro atoms. The molecule has 2 heterocycles. The van der Waals surface area contributed by atoms with Gasteiger partial charge in [0.2, 0.25) is 0 Å². The number of hydrogen-bond donors (Lipinski definition) is 1. The van der Waals surface area contributed by atoms with Crippen molar-refractivity contribution in [3.05, 3.63) is 33.2 Å². The van der Waals surface area contributed by atoms with Crippen molar-refractivity contribution in [3.63, 3.8) is 0 Å². The average molecular weight is 263 g/mol. The van der Waals surface area contributed by atoms with Crippen molar-refractivity contribution in [1.29, 1.82) is 0 Å². The van der Waals surface area contributed by atoms with E-state index in [1.54, 1.807) is 6.07 Å². The molecule has 5 heteroatoms. The molecule has 19 heavy (non-hydrogen) atoms. The molecule has 3 rings (SSSR count). The van der Waals surface area contributed by atoms with Gasteiger partial charge in [-0.25, -0.2) is 4.79 Å². The van der Waals surface area contributed by atoms with E-state index in [1.807, 2.05) is 0 Å². The van der Waals surface area contributed by atoms with E-state index in [-0.39, 0.29) is 23.8 Å². The van der Waals surface area contributed by atoms with Crippen molar-refractivity contribution in [1.82, 2.24) is 4.98 Å². The van der Waals surface area contributed by atoms with Crippen LogP contribution >= 0.6 is 0 Å². The second-order valence-electron chi connectivity index (χ2n) is 5.10. The normalized spacial score (nSPS) is 21.4. The number of ether oxygens (including phenoxy) is 2. The highest BCUT2D eigenvalue weighted by molar-refractivity contribution is 5.89. The monoisotopic (exact) mass is 263 g/mol. The lowest BCUT2D eigenvalue weighted by Gasteiger charge is -2.10. The summed E-state index contributed by atoms with van der Waals surface area (Å²) in [5, 5.41) is 0. The molecule has 0 saturated carbocycles. The summed E-state index contributed by atoms with van der Waals surface area (Å²) in [4.78, 5) is 26.5. The molecule has 1 N–H and O–H groups in total. The van der Waals surface area contributed by atoms with Crippen molar-refractivity contribution >= 4 is 5.97 Å². The van der Waals surface area contributed by atoms with Crippen LogP contribution in [0.15, 0.2) is 10.9 Å². The zero-order chi connectivity index (χ0) is 13.2. The lowest BCUT2D eigenvalue weighted by molar-refractivity contribution is 0.0159. The number of hydrogen-bond acceptors (Lipinski definition) is 4. The number of esters is 1. The molecule has 2 aliphatic rings. The summed E-state index contributed by atoms with van der Waals surface area (Å²) in [5.74, 6) is -0.550. The number of aromatic nitrogens is 1. The molecular formula is C14H17NO4. The Morgan fingerprint density at radius 2 is 2.32 bits per heavy atom. The molecule has 1 aromatic rings. The van der Waals surface area contributed by atoms with Crippen LogP contribution in [0, 0.1) is 0 Å². The summed E-state index contributed by atoms with van der Waals surface area (Å²) in [5.41, 5.74) is 1.78. The van der Waals surface area contributed by atoms with E-state index in [0.717, 1.165) is 50.0 Å². The average Bonchev–Trinajstić information content (AvgIpc) is 3.05. The van der Waals surface area contributed by atoms with E-state index in [9.17, 15) is 9.59 Å². The summed E-state index contributed by atoms with van der Waals surface area (Å²) in [7, 11) is 0. The second kappa shape index (κ2) is 5.17. The Morgan fingerprint density at radius 1 is 1.42 bits per heavy atom. The SMILES string of the molecule is O=C(OCC1CCCO1)c1cc2c([nH]c1=O)CCC2. The van der Waals surface area contributed by atoms with Gasteiger partial charge in [0.15, 0.2) is 0 Å². The second-order valence-corrected chi connectivity index (χ2v) is 5.10. The number of fused-ring (bicyclic) bond motifs is 1. The van der Waals surface area contributed by atoms with Gasteiger partial charge in [0, 0.05) is 12.3 Å². The van der Waals surface area contributed by atoms with Crippen molar-refractivity contribution in [3.8, 4) is 0 Å². The van der Waals surface area contributed by atoms with Crippen LogP contribution in [0.2, 0.25) is 0 Å². The molecule has 102 valence electrons. The van der Waals surface area contributed by atoms with Crippen LogP contribution in [0.4, 0.5) is 0 Å². The van der Waals surface area contributed by atoms with E-state index >= 15 is 0 Å². The van der Waals surface area contributed by atoms with Gasteiger partial charge in [-0.1, -0.05) is 0 Å². The first-order chi connectivity index (χ1) is 9.24. The van der Waals surface area contributed by atoms with Crippen LogP contribution in [0.5, 0.6) is 0 Å². The third-order valence-corrected chi connectivity index (χ3v) is 3.73. The predicted octanol–water partition coefficient (Wildman–Crippen LogP) is 1.20. The topological polar surface area (TPSA) is 68.4 Å². The fraction of sp³-hybridized carbons (Fsp3) is 0.571. The largest absolute Gasteiger partial charge is 0.459 e. The fourth-order valence-corrected chi connectivity index (χ4v) is 2.69. The quantitative estimate of drug-likeness (QED) is 0.832. The third kappa shape index (κ3) is 2.56. The number of carbonyl (C=O) groups excluding carboxylic acids is 1. The Balaban J connectivity index is 1.70. The molecule has 1 unspecified atom stereocenters. The maximum atomic E-state index is 11.9. The van der Waals surface area contributed by atoms with Crippen LogP contribution in [-0.2, 0) is 22.3 Å². The number of nitrogens with one attached hydrogen (secondary N) is 1. The van der Waals surface area contributed by atoms with Crippen molar-refractivity contribution < 1.29 is 14.3 Å². The Hall–Kier alpha value is -1.62. The number of H-pyrrole nitrogens is 1. The molecule has 1 aliphatic heterocycles. The van der Waals surface area contributed by atoms with Gasteiger partial charge in [-0.2, -0.15) is 0 Å². The molecule has 1 saturated heterocycles. The van der Waals surface area contributed by atoms with Gasteiger partial charge in [0.1, 0.15) is 12.2 Å². The predicted molar refractivity (Wildman–Crippen MR) is 68.3 cm³/mol. The van der Waals surface area contributed by atoms with E-state index in [1.165, 1.54) is 0 Å². The first-order valence-electron chi connectivity index (χ1n) is 6.78. The fourth-order valence-electron chi connectivity index (χ4n) is 2.69. The molecule has 0 radical (unpaired) electrons. The zero-order valence-corrected chi connectivity index (χ0v) is 10.7. The number of pyridine rings is 1. The number of aryl methyl sites for hydroxylation is 2. The van der Waals surface area contributed by atoms with E-state index in [2.05, 4.69) is 4.98 Å². The van der Waals surface area contributed by atoms with E-state index in [4.69, 9.17) is 9.47 Å². The minimum atomic E-state index is -0.550. The van der Waals surface area contributed by atoms with Gasteiger partial charge in [0.05, 0.1) is 6.10 Å². The van der Waals surface area contributed by atoms with Crippen molar-refractivity contribution in [2.75, 3.05) is 13.2 Å². The highest BCUT2D eigenvalue weighted by Gasteiger charge is 2.21. The summed E-state index contributed by atoms with van der Waals surface area (Å²) in [6, 6.07) is 1.68. The maximum Gasteiger partial charge on any atom is 0.343 e. The molecule has 0 aromatic carbocycles. The van der Waals surface area contributed by atoms with Crippen LogP contribution in [0.3, 0.4) is 0 Å². The Bertz CT molecular complexity index is 543. The van der Waals surface area contributed by atoms with Crippen LogP contribution in [0.1, 0.15) is 40.9 Å². The molecule has 1 fully saturated rings. The summed E-state index contributed by atoms with van der Waals surface area (Å²) in [6.45, 7) is 0.955. The standard InChI is InChI=1S/C14H17NO4/c16-13-11(7-9-3-1-5-12(9)15-13)14(17)19-8-10-4-2-6-18-10/h7,10H,1-6,8H2,(H,15,16). The van der Waals surface area contributed by atoms with Gasteiger partial charge in [-0.15, -0.1) is 0 Å². The van der Waals surface area contributed by atoms with Gasteiger partial charge in [0.25, 0.3) is 5.56 Å². The Labute approximate surface area is 110 Å².